The first-order valence-electron chi connectivity index (χ1n) is 5.45. The molecule has 1 aromatic rings. The second-order valence-corrected chi connectivity index (χ2v) is 4.07. The van der Waals surface area contributed by atoms with Gasteiger partial charge in [-0.3, -0.25) is 4.79 Å². The minimum absolute atomic E-state index is 0.211. The summed E-state index contributed by atoms with van der Waals surface area (Å²) in [5.74, 6) is -1.22. The molecule has 5 nitrogen and oxygen atoms in total. The van der Waals surface area contributed by atoms with E-state index in [1.807, 2.05) is 0 Å². The van der Waals surface area contributed by atoms with E-state index in [9.17, 15) is 14.4 Å². The zero-order chi connectivity index (χ0) is 13.3. The van der Waals surface area contributed by atoms with Crippen LogP contribution in [-0.4, -0.2) is 30.9 Å². The number of cyclic esters (lactones) is 1. The summed E-state index contributed by atoms with van der Waals surface area (Å²) in [5, 5.41) is 0. The standard InChI is InChI=1S/C13H12O5/c1-7(14)11-6-9-5-8(12(15)17-2)3-4-10(9)13(16)18-11/h3-5,11H,6H2,1-2H3. The van der Waals surface area contributed by atoms with Gasteiger partial charge in [0, 0.05) is 6.42 Å². The van der Waals surface area contributed by atoms with Gasteiger partial charge in [0.15, 0.2) is 11.9 Å². The molecule has 0 aromatic heterocycles. The molecule has 1 aliphatic heterocycles. The molecule has 1 atom stereocenters. The van der Waals surface area contributed by atoms with E-state index < -0.39 is 18.0 Å². The van der Waals surface area contributed by atoms with Crippen molar-refractivity contribution in [1.82, 2.24) is 0 Å². The summed E-state index contributed by atoms with van der Waals surface area (Å²) in [7, 11) is 1.29. The smallest absolute Gasteiger partial charge is 0.339 e. The maximum Gasteiger partial charge on any atom is 0.339 e. The van der Waals surface area contributed by atoms with Crippen LogP contribution >= 0.6 is 0 Å². The summed E-state index contributed by atoms with van der Waals surface area (Å²) < 4.78 is 9.60. The number of fused-ring (bicyclic) bond motifs is 1. The first-order chi connectivity index (χ1) is 8.52. The topological polar surface area (TPSA) is 69.7 Å². The third-order valence-corrected chi connectivity index (χ3v) is 2.85. The maximum absolute atomic E-state index is 11.7. The van der Waals surface area contributed by atoms with E-state index in [2.05, 4.69) is 4.74 Å². The average Bonchev–Trinajstić information content (AvgIpc) is 2.36. The SMILES string of the molecule is COC(=O)c1ccc2c(c1)CC(C(C)=O)OC2=O. The first kappa shape index (κ1) is 12.3. The fourth-order valence-corrected chi connectivity index (χ4v) is 1.87. The van der Waals surface area contributed by atoms with E-state index in [4.69, 9.17) is 4.74 Å². The lowest BCUT2D eigenvalue weighted by molar-refractivity contribution is -0.125. The molecule has 1 aliphatic rings. The van der Waals surface area contributed by atoms with E-state index in [0.29, 0.717) is 23.1 Å². The molecule has 1 aromatic carbocycles. The predicted octanol–water partition coefficient (Wildman–Crippen LogP) is 1.14. The van der Waals surface area contributed by atoms with Crippen molar-refractivity contribution in [2.45, 2.75) is 19.4 Å². The van der Waals surface area contributed by atoms with Gasteiger partial charge in [0.1, 0.15) is 0 Å². The van der Waals surface area contributed by atoms with Gasteiger partial charge in [-0.2, -0.15) is 0 Å². The van der Waals surface area contributed by atoms with E-state index in [1.165, 1.54) is 26.2 Å². The Kier molecular flexibility index (Phi) is 3.14. The van der Waals surface area contributed by atoms with Crippen molar-refractivity contribution >= 4 is 17.7 Å². The van der Waals surface area contributed by atoms with Crippen molar-refractivity contribution < 1.29 is 23.9 Å². The highest BCUT2D eigenvalue weighted by Gasteiger charge is 2.29. The van der Waals surface area contributed by atoms with Crippen LogP contribution in [0.4, 0.5) is 0 Å². The Morgan fingerprint density at radius 3 is 2.72 bits per heavy atom. The zero-order valence-corrected chi connectivity index (χ0v) is 10.1. The molecular weight excluding hydrogens is 236 g/mol. The summed E-state index contributed by atoms with van der Waals surface area (Å²) in [5.41, 5.74) is 1.38. The van der Waals surface area contributed by atoms with Crippen LogP contribution in [0.15, 0.2) is 18.2 Å². The van der Waals surface area contributed by atoms with Crippen LogP contribution in [0.3, 0.4) is 0 Å². The molecule has 0 fully saturated rings. The highest BCUT2D eigenvalue weighted by atomic mass is 16.5. The fraction of sp³-hybridized carbons (Fsp3) is 0.308. The molecule has 0 radical (unpaired) electrons. The van der Waals surface area contributed by atoms with Crippen LogP contribution in [0, 0.1) is 0 Å². The number of esters is 2. The van der Waals surface area contributed by atoms with Gasteiger partial charge >= 0.3 is 11.9 Å². The van der Waals surface area contributed by atoms with Crippen molar-refractivity contribution in [3.05, 3.63) is 34.9 Å². The Balaban J connectivity index is 2.40. The molecule has 0 saturated heterocycles. The molecule has 94 valence electrons. The van der Waals surface area contributed by atoms with Crippen molar-refractivity contribution in [1.29, 1.82) is 0 Å². The molecular formula is C13H12O5. The Hall–Kier alpha value is -2.17. The first-order valence-corrected chi connectivity index (χ1v) is 5.45. The number of ether oxygens (including phenoxy) is 2. The average molecular weight is 248 g/mol. The van der Waals surface area contributed by atoms with Gasteiger partial charge in [-0.05, 0) is 30.7 Å². The molecule has 0 bridgehead atoms. The molecule has 0 saturated carbocycles. The summed E-state index contributed by atoms with van der Waals surface area (Å²) in [4.78, 5) is 34.3. The third-order valence-electron chi connectivity index (χ3n) is 2.85. The lowest BCUT2D eigenvalue weighted by Gasteiger charge is -2.22. The van der Waals surface area contributed by atoms with Gasteiger partial charge in [-0.25, -0.2) is 9.59 Å². The van der Waals surface area contributed by atoms with Gasteiger partial charge in [-0.15, -0.1) is 0 Å². The van der Waals surface area contributed by atoms with E-state index in [1.54, 1.807) is 6.07 Å². The minimum atomic E-state index is -0.766. The Morgan fingerprint density at radius 1 is 1.39 bits per heavy atom. The molecule has 0 N–H and O–H groups in total. The number of methoxy groups -OCH3 is 1. The second kappa shape index (κ2) is 4.60. The molecule has 1 unspecified atom stereocenters. The summed E-state index contributed by atoms with van der Waals surface area (Å²) in [6.45, 7) is 1.37. The lowest BCUT2D eigenvalue weighted by atomic mass is 9.95. The van der Waals surface area contributed by atoms with Crippen LogP contribution in [-0.2, 0) is 20.7 Å². The summed E-state index contributed by atoms with van der Waals surface area (Å²) in [6.07, 6.45) is -0.473. The monoisotopic (exact) mass is 248 g/mol. The number of carbonyl (C=O) groups excluding carboxylic acids is 3. The fourth-order valence-electron chi connectivity index (χ4n) is 1.87. The largest absolute Gasteiger partial charge is 0.465 e. The van der Waals surface area contributed by atoms with Crippen molar-refractivity contribution in [3.63, 3.8) is 0 Å². The van der Waals surface area contributed by atoms with Gasteiger partial charge in [0.2, 0.25) is 0 Å². The number of benzene rings is 1. The third kappa shape index (κ3) is 2.11. The molecule has 18 heavy (non-hydrogen) atoms. The van der Waals surface area contributed by atoms with Crippen LogP contribution in [0.5, 0.6) is 0 Å². The summed E-state index contributed by atoms with van der Waals surface area (Å²) >= 11 is 0. The number of hydrogen-bond acceptors (Lipinski definition) is 5. The van der Waals surface area contributed by atoms with Crippen molar-refractivity contribution in [2.75, 3.05) is 7.11 Å². The Morgan fingerprint density at radius 2 is 2.11 bits per heavy atom. The van der Waals surface area contributed by atoms with Gasteiger partial charge in [0.25, 0.3) is 0 Å². The van der Waals surface area contributed by atoms with E-state index in [0.717, 1.165) is 0 Å². The Bertz CT molecular complexity index is 532. The lowest BCUT2D eigenvalue weighted by Crippen LogP contribution is -2.33. The number of carbonyl (C=O) groups is 3. The molecule has 1 heterocycles. The second-order valence-electron chi connectivity index (χ2n) is 4.07. The molecule has 0 aliphatic carbocycles. The molecule has 0 amide bonds. The molecule has 2 rings (SSSR count). The van der Waals surface area contributed by atoms with Crippen LogP contribution in [0.1, 0.15) is 33.2 Å². The normalized spacial score (nSPS) is 17.7. The quantitative estimate of drug-likeness (QED) is 0.734. The number of Topliss-reactive ketones (excluding diaryl/α,β-unsaturated/α-hetero) is 1. The van der Waals surface area contributed by atoms with Gasteiger partial charge in [-0.1, -0.05) is 0 Å². The maximum atomic E-state index is 11.7. The van der Waals surface area contributed by atoms with Crippen molar-refractivity contribution in [3.8, 4) is 0 Å². The zero-order valence-electron chi connectivity index (χ0n) is 10.1. The van der Waals surface area contributed by atoms with Gasteiger partial charge < -0.3 is 9.47 Å². The van der Waals surface area contributed by atoms with Crippen molar-refractivity contribution in [2.24, 2.45) is 0 Å². The summed E-state index contributed by atoms with van der Waals surface area (Å²) in [6, 6.07) is 4.58. The predicted molar refractivity (Wildman–Crippen MR) is 61.4 cm³/mol. The number of ketones is 1. The highest BCUT2D eigenvalue weighted by Crippen LogP contribution is 2.22. The highest BCUT2D eigenvalue weighted by molar-refractivity contribution is 5.97. The number of hydrogen-bond donors (Lipinski definition) is 0. The van der Waals surface area contributed by atoms with Crippen LogP contribution < -0.4 is 0 Å². The Labute approximate surface area is 104 Å². The van der Waals surface area contributed by atoms with Gasteiger partial charge in [0.05, 0.1) is 18.2 Å². The van der Waals surface area contributed by atoms with Crippen LogP contribution in [0.2, 0.25) is 0 Å². The van der Waals surface area contributed by atoms with E-state index >= 15 is 0 Å². The minimum Gasteiger partial charge on any atom is -0.465 e. The molecule has 0 spiro atoms. The molecule has 5 heteroatoms. The number of rotatable bonds is 2. The van der Waals surface area contributed by atoms with Crippen LogP contribution in [0.25, 0.3) is 0 Å². The van der Waals surface area contributed by atoms with E-state index in [-0.39, 0.29) is 5.78 Å².